The maximum atomic E-state index is 12.0. The van der Waals surface area contributed by atoms with Crippen molar-refractivity contribution >= 4 is 17.7 Å². The topological polar surface area (TPSA) is 73.6 Å². The first kappa shape index (κ1) is 20.8. The Hall–Kier alpha value is -2.93. The molecule has 0 fully saturated rings. The molecule has 1 aromatic heterocycles. The molecule has 0 bridgehead atoms. The van der Waals surface area contributed by atoms with Gasteiger partial charge < -0.3 is 19.2 Å². The summed E-state index contributed by atoms with van der Waals surface area (Å²) in [6.45, 7) is 2.41. The van der Waals surface area contributed by atoms with Gasteiger partial charge in [-0.25, -0.2) is 4.98 Å². The molecule has 0 unspecified atom stereocenters. The van der Waals surface area contributed by atoms with Gasteiger partial charge in [-0.15, -0.1) is 11.8 Å². The number of benzene rings is 2. The van der Waals surface area contributed by atoms with Crippen LogP contribution in [0.4, 0.5) is 0 Å². The molecule has 0 aliphatic heterocycles. The Balaban J connectivity index is 1.55. The fourth-order valence-electron chi connectivity index (χ4n) is 2.74. The van der Waals surface area contributed by atoms with E-state index in [2.05, 4.69) is 10.3 Å². The van der Waals surface area contributed by atoms with E-state index in [1.807, 2.05) is 55.5 Å². The zero-order valence-corrected chi connectivity index (χ0v) is 17.5. The van der Waals surface area contributed by atoms with Crippen LogP contribution in [0.2, 0.25) is 0 Å². The summed E-state index contributed by atoms with van der Waals surface area (Å²) in [6, 6.07) is 15.4. The number of nitrogens with one attached hydrogen (secondary N) is 1. The molecule has 2 aromatic carbocycles. The second kappa shape index (κ2) is 10.0. The molecule has 0 aliphatic carbocycles. The molecule has 29 heavy (non-hydrogen) atoms. The number of oxazole rings is 1. The van der Waals surface area contributed by atoms with Crippen LogP contribution in [0.1, 0.15) is 17.0 Å². The van der Waals surface area contributed by atoms with Gasteiger partial charge in [0, 0.05) is 17.9 Å². The number of nitrogens with zero attached hydrogens (tertiary/aromatic N) is 1. The lowest BCUT2D eigenvalue weighted by Gasteiger charge is -2.07. The Morgan fingerprint density at radius 1 is 1.10 bits per heavy atom. The quantitative estimate of drug-likeness (QED) is 0.567. The lowest BCUT2D eigenvalue weighted by molar-refractivity contribution is -0.118. The minimum Gasteiger partial charge on any atom is -0.493 e. The van der Waals surface area contributed by atoms with Crippen molar-refractivity contribution in [2.75, 3.05) is 20.0 Å². The van der Waals surface area contributed by atoms with Crippen molar-refractivity contribution in [2.45, 2.75) is 19.2 Å². The molecule has 1 N–H and O–H groups in total. The summed E-state index contributed by atoms with van der Waals surface area (Å²) in [7, 11) is 3.19. The summed E-state index contributed by atoms with van der Waals surface area (Å²) in [4.78, 5) is 16.6. The fraction of sp³-hybridized carbons (Fsp3) is 0.273. The first-order chi connectivity index (χ1) is 14.1. The third-order valence-electron chi connectivity index (χ3n) is 4.33. The fourth-order valence-corrected chi connectivity index (χ4v) is 3.59. The molecule has 1 amide bonds. The molecule has 0 aliphatic rings. The predicted octanol–water partition coefficient (Wildman–Crippen LogP) is 4.22. The average molecular weight is 413 g/mol. The Labute approximate surface area is 174 Å². The highest BCUT2D eigenvalue weighted by molar-refractivity contribution is 7.99. The molecule has 0 radical (unpaired) electrons. The summed E-state index contributed by atoms with van der Waals surface area (Å²) in [5.74, 6) is 3.50. The van der Waals surface area contributed by atoms with Crippen LogP contribution in [-0.2, 0) is 17.1 Å². The SMILES string of the molecule is COc1ccc(-c2nc(CSCC(=O)NCc3ccccc3)c(C)o2)cc1OC. The Morgan fingerprint density at radius 2 is 1.86 bits per heavy atom. The van der Waals surface area contributed by atoms with Crippen molar-refractivity contribution in [3.63, 3.8) is 0 Å². The molecular formula is C22H24N2O4S. The van der Waals surface area contributed by atoms with Crippen molar-refractivity contribution in [3.05, 3.63) is 65.5 Å². The molecular weight excluding hydrogens is 388 g/mol. The van der Waals surface area contributed by atoms with Crippen LogP contribution in [0.15, 0.2) is 52.9 Å². The Kier molecular flexibility index (Phi) is 7.19. The molecule has 152 valence electrons. The van der Waals surface area contributed by atoms with Gasteiger partial charge in [-0.2, -0.15) is 0 Å². The molecule has 3 aromatic rings. The summed E-state index contributed by atoms with van der Waals surface area (Å²) in [5, 5.41) is 2.92. The van der Waals surface area contributed by atoms with E-state index in [1.54, 1.807) is 14.2 Å². The number of rotatable bonds is 9. The normalized spacial score (nSPS) is 10.6. The number of hydrogen-bond donors (Lipinski definition) is 1. The number of aromatic nitrogens is 1. The lowest BCUT2D eigenvalue weighted by Crippen LogP contribution is -2.24. The predicted molar refractivity (Wildman–Crippen MR) is 114 cm³/mol. The zero-order chi connectivity index (χ0) is 20.6. The van der Waals surface area contributed by atoms with E-state index in [0.717, 1.165) is 22.6 Å². The van der Waals surface area contributed by atoms with E-state index in [1.165, 1.54) is 11.8 Å². The molecule has 3 rings (SSSR count). The number of carbonyl (C=O) groups excluding carboxylic acids is 1. The van der Waals surface area contributed by atoms with E-state index in [4.69, 9.17) is 13.9 Å². The van der Waals surface area contributed by atoms with Crippen LogP contribution >= 0.6 is 11.8 Å². The van der Waals surface area contributed by atoms with Gasteiger partial charge in [-0.05, 0) is 30.7 Å². The second-order valence-electron chi connectivity index (χ2n) is 6.35. The minimum atomic E-state index is 0.000107. The number of ether oxygens (including phenoxy) is 2. The number of amides is 1. The van der Waals surface area contributed by atoms with Crippen LogP contribution in [0.3, 0.4) is 0 Å². The Morgan fingerprint density at radius 3 is 2.59 bits per heavy atom. The molecule has 0 atom stereocenters. The third kappa shape index (κ3) is 5.54. The molecule has 0 spiro atoms. The van der Waals surface area contributed by atoms with Crippen molar-refractivity contribution < 1.29 is 18.7 Å². The average Bonchev–Trinajstić information content (AvgIpc) is 3.13. The number of thioether (sulfide) groups is 1. The van der Waals surface area contributed by atoms with Gasteiger partial charge in [0.25, 0.3) is 0 Å². The van der Waals surface area contributed by atoms with Gasteiger partial charge in [-0.3, -0.25) is 4.79 Å². The maximum absolute atomic E-state index is 12.0. The zero-order valence-electron chi connectivity index (χ0n) is 16.7. The highest BCUT2D eigenvalue weighted by Gasteiger charge is 2.14. The van der Waals surface area contributed by atoms with Crippen molar-refractivity contribution in [1.82, 2.24) is 10.3 Å². The highest BCUT2D eigenvalue weighted by atomic mass is 32.2. The van der Waals surface area contributed by atoms with Crippen LogP contribution in [0.5, 0.6) is 11.5 Å². The van der Waals surface area contributed by atoms with Gasteiger partial charge in [0.05, 0.1) is 25.7 Å². The third-order valence-corrected chi connectivity index (χ3v) is 5.27. The molecule has 0 saturated carbocycles. The van der Waals surface area contributed by atoms with Crippen molar-refractivity contribution in [1.29, 1.82) is 0 Å². The van der Waals surface area contributed by atoms with Gasteiger partial charge in [0.1, 0.15) is 5.76 Å². The minimum absolute atomic E-state index is 0.000107. The van der Waals surface area contributed by atoms with Crippen molar-refractivity contribution in [2.24, 2.45) is 0 Å². The summed E-state index contributed by atoms with van der Waals surface area (Å²) >= 11 is 1.51. The van der Waals surface area contributed by atoms with Crippen LogP contribution in [0, 0.1) is 6.92 Å². The number of methoxy groups -OCH3 is 2. The number of aryl methyl sites for hydroxylation is 1. The summed E-state index contributed by atoms with van der Waals surface area (Å²) in [5.41, 5.74) is 2.72. The highest BCUT2D eigenvalue weighted by Crippen LogP contribution is 2.33. The van der Waals surface area contributed by atoms with E-state index in [0.29, 0.717) is 35.4 Å². The van der Waals surface area contributed by atoms with E-state index in [9.17, 15) is 4.79 Å². The van der Waals surface area contributed by atoms with E-state index < -0.39 is 0 Å². The van der Waals surface area contributed by atoms with Crippen LogP contribution < -0.4 is 14.8 Å². The first-order valence-corrected chi connectivity index (χ1v) is 10.3. The molecule has 0 saturated heterocycles. The van der Waals surface area contributed by atoms with E-state index in [-0.39, 0.29) is 5.91 Å². The van der Waals surface area contributed by atoms with E-state index >= 15 is 0 Å². The molecule has 6 nitrogen and oxygen atoms in total. The Bertz CT molecular complexity index is 957. The first-order valence-electron chi connectivity index (χ1n) is 9.17. The standard InChI is InChI=1S/C22H24N2O4S/c1-15-18(13-29-14-21(25)23-12-16-7-5-4-6-8-16)24-22(28-15)17-9-10-19(26-2)20(11-17)27-3/h4-11H,12-14H2,1-3H3,(H,23,25). The monoisotopic (exact) mass is 412 g/mol. The van der Waals surface area contributed by atoms with Gasteiger partial charge >= 0.3 is 0 Å². The smallest absolute Gasteiger partial charge is 0.230 e. The lowest BCUT2D eigenvalue weighted by atomic mass is 10.2. The largest absolute Gasteiger partial charge is 0.493 e. The second-order valence-corrected chi connectivity index (χ2v) is 7.33. The number of hydrogen-bond acceptors (Lipinski definition) is 6. The van der Waals surface area contributed by atoms with Gasteiger partial charge in [0.15, 0.2) is 11.5 Å². The van der Waals surface area contributed by atoms with Gasteiger partial charge in [0.2, 0.25) is 11.8 Å². The summed E-state index contributed by atoms with van der Waals surface area (Å²) < 4.78 is 16.4. The van der Waals surface area contributed by atoms with Gasteiger partial charge in [-0.1, -0.05) is 30.3 Å². The summed E-state index contributed by atoms with van der Waals surface area (Å²) in [6.07, 6.45) is 0. The molecule has 1 heterocycles. The van der Waals surface area contributed by atoms with Crippen LogP contribution in [-0.4, -0.2) is 30.9 Å². The van der Waals surface area contributed by atoms with Crippen molar-refractivity contribution in [3.8, 4) is 23.0 Å². The molecule has 7 heteroatoms. The number of carbonyl (C=O) groups is 1. The van der Waals surface area contributed by atoms with Crippen LogP contribution in [0.25, 0.3) is 11.5 Å². The maximum Gasteiger partial charge on any atom is 0.230 e.